The molecule has 10 heavy (non-hydrogen) atoms. The normalized spacial score (nSPS) is 9.30. The highest BCUT2D eigenvalue weighted by Crippen LogP contribution is 2.14. The largest absolute Gasteiger partial charge is 0.278 e. The summed E-state index contributed by atoms with van der Waals surface area (Å²) in [6, 6.07) is 0. The minimum absolute atomic E-state index is 0.938. The second-order valence-electron chi connectivity index (χ2n) is 2.18. The monoisotopic (exact) mass is 134 g/mol. The van der Waals surface area contributed by atoms with Crippen LogP contribution < -0.4 is 0 Å². The molecule has 2 heteroatoms. The Labute approximate surface area is 60.3 Å². The number of aromatic amines is 1. The third kappa shape index (κ3) is 1.00. The Morgan fingerprint density at radius 3 is 2.90 bits per heavy atom. The molecule has 1 aromatic rings. The van der Waals surface area contributed by atoms with E-state index >= 15 is 0 Å². The van der Waals surface area contributed by atoms with E-state index in [9.17, 15) is 0 Å². The second kappa shape index (κ2) is 2.52. The van der Waals surface area contributed by atoms with Crippen molar-refractivity contribution < 1.29 is 0 Å². The lowest BCUT2D eigenvalue weighted by atomic mass is 10.1. The SMILES string of the molecule is C=Cc1[nH]ncc1C(=C)C. The van der Waals surface area contributed by atoms with E-state index in [0.717, 1.165) is 16.8 Å². The first-order valence-corrected chi connectivity index (χ1v) is 3.07. The molecule has 0 aliphatic carbocycles. The van der Waals surface area contributed by atoms with Gasteiger partial charge in [0.05, 0.1) is 11.9 Å². The molecule has 0 atom stereocenters. The number of nitrogens with one attached hydrogen (secondary N) is 1. The molecule has 1 N–H and O–H groups in total. The summed E-state index contributed by atoms with van der Waals surface area (Å²) in [6.07, 6.45) is 3.48. The van der Waals surface area contributed by atoms with Crippen LogP contribution in [-0.4, -0.2) is 10.2 Å². The van der Waals surface area contributed by atoms with Gasteiger partial charge in [0.15, 0.2) is 0 Å². The van der Waals surface area contributed by atoms with Gasteiger partial charge >= 0.3 is 0 Å². The van der Waals surface area contributed by atoms with Crippen LogP contribution in [0, 0.1) is 0 Å². The summed E-state index contributed by atoms with van der Waals surface area (Å²) in [5.41, 5.74) is 2.98. The number of hydrogen-bond donors (Lipinski definition) is 1. The molecule has 0 saturated carbocycles. The number of H-pyrrole nitrogens is 1. The zero-order valence-corrected chi connectivity index (χ0v) is 6.02. The third-order valence-electron chi connectivity index (χ3n) is 1.33. The summed E-state index contributed by atoms with van der Waals surface area (Å²) < 4.78 is 0. The van der Waals surface area contributed by atoms with E-state index in [1.807, 2.05) is 6.92 Å². The van der Waals surface area contributed by atoms with Gasteiger partial charge in [-0.25, -0.2) is 0 Å². The fourth-order valence-corrected chi connectivity index (χ4v) is 0.792. The van der Waals surface area contributed by atoms with Crippen molar-refractivity contribution in [2.24, 2.45) is 0 Å². The molecule has 1 aromatic heterocycles. The van der Waals surface area contributed by atoms with Gasteiger partial charge in [-0.15, -0.1) is 0 Å². The Kier molecular flexibility index (Phi) is 1.71. The number of hydrogen-bond acceptors (Lipinski definition) is 1. The number of allylic oxidation sites excluding steroid dienone is 1. The molecule has 0 amide bonds. The zero-order chi connectivity index (χ0) is 7.56. The number of aromatic nitrogens is 2. The minimum Gasteiger partial charge on any atom is -0.278 e. The van der Waals surface area contributed by atoms with Crippen molar-refractivity contribution in [2.75, 3.05) is 0 Å². The molecule has 0 bridgehead atoms. The van der Waals surface area contributed by atoms with Crippen LogP contribution in [0.3, 0.4) is 0 Å². The lowest BCUT2D eigenvalue weighted by Crippen LogP contribution is -1.77. The third-order valence-corrected chi connectivity index (χ3v) is 1.33. The smallest absolute Gasteiger partial charge is 0.0646 e. The Bertz CT molecular complexity index is 258. The van der Waals surface area contributed by atoms with Crippen LogP contribution in [0.2, 0.25) is 0 Å². The predicted octanol–water partition coefficient (Wildman–Crippen LogP) is 2.09. The Morgan fingerprint density at radius 1 is 1.80 bits per heavy atom. The van der Waals surface area contributed by atoms with Crippen LogP contribution in [0.1, 0.15) is 18.2 Å². The molecular formula is C8H10N2. The Morgan fingerprint density at radius 2 is 2.50 bits per heavy atom. The Balaban J connectivity index is 3.13. The van der Waals surface area contributed by atoms with Crippen molar-refractivity contribution in [3.8, 4) is 0 Å². The minimum atomic E-state index is 0.938. The summed E-state index contributed by atoms with van der Waals surface area (Å²) in [5, 5.41) is 6.66. The van der Waals surface area contributed by atoms with Gasteiger partial charge in [0.1, 0.15) is 0 Å². The fourth-order valence-electron chi connectivity index (χ4n) is 0.792. The highest BCUT2D eigenvalue weighted by molar-refractivity contribution is 5.68. The van der Waals surface area contributed by atoms with Gasteiger partial charge in [-0.2, -0.15) is 5.10 Å². The van der Waals surface area contributed by atoms with Crippen LogP contribution in [0.25, 0.3) is 11.6 Å². The van der Waals surface area contributed by atoms with E-state index in [1.165, 1.54) is 0 Å². The topological polar surface area (TPSA) is 28.7 Å². The first kappa shape index (κ1) is 6.81. The molecule has 1 rings (SSSR count). The average molecular weight is 134 g/mol. The molecule has 0 aliphatic rings. The molecule has 0 aromatic carbocycles. The van der Waals surface area contributed by atoms with Crippen LogP contribution in [0.4, 0.5) is 0 Å². The quantitative estimate of drug-likeness (QED) is 0.659. The number of nitrogens with zero attached hydrogens (tertiary/aromatic N) is 1. The second-order valence-corrected chi connectivity index (χ2v) is 2.18. The van der Waals surface area contributed by atoms with E-state index in [1.54, 1.807) is 12.3 Å². The van der Waals surface area contributed by atoms with Gasteiger partial charge in [-0.3, -0.25) is 5.10 Å². The van der Waals surface area contributed by atoms with Crippen molar-refractivity contribution in [3.63, 3.8) is 0 Å². The van der Waals surface area contributed by atoms with E-state index in [4.69, 9.17) is 0 Å². The predicted molar refractivity (Wildman–Crippen MR) is 43.4 cm³/mol. The van der Waals surface area contributed by atoms with E-state index < -0.39 is 0 Å². The molecule has 0 unspecified atom stereocenters. The molecule has 0 aliphatic heterocycles. The van der Waals surface area contributed by atoms with Crippen molar-refractivity contribution in [1.29, 1.82) is 0 Å². The molecule has 2 nitrogen and oxygen atoms in total. The number of rotatable bonds is 2. The lowest BCUT2D eigenvalue weighted by Gasteiger charge is -1.93. The van der Waals surface area contributed by atoms with E-state index in [-0.39, 0.29) is 0 Å². The van der Waals surface area contributed by atoms with Gasteiger partial charge in [-0.1, -0.05) is 13.2 Å². The summed E-state index contributed by atoms with van der Waals surface area (Å²) in [4.78, 5) is 0. The van der Waals surface area contributed by atoms with Gasteiger partial charge in [0, 0.05) is 5.56 Å². The highest BCUT2D eigenvalue weighted by atomic mass is 15.1. The highest BCUT2D eigenvalue weighted by Gasteiger charge is 1.99. The standard InChI is InChI=1S/C8H10N2/c1-4-8-7(6(2)3)5-9-10-8/h4-5H,1-2H2,3H3,(H,9,10). The van der Waals surface area contributed by atoms with Gasteiger partial charge in [0.2, 0.25) is 0 Å². The summed E-state index contributed by atoms with van der Waals surface area (Å²) in [5.74, 6) is 0. The maximum Gasteiger partial charge on any atom is 0.0646 e. The van der Waals surface area contributed by atoms with Crippen LogP contribution in [-0.2, 0) is 0 Å². The zero-order valence-electron chi connectivity index (χ0n) is 6.02. The molecular weight excluding hydrogens is 124 g/mol. The van der Waals surface area contributed by atoms with Gasteiger partial charge in [-0.05, 0) is 18.6 Å². The van der Waals surface area contributed by atoms with Crippen LogP contribution in [0.5, 0.6) is 0 Å². The Hall–Kier alpha value is -1.31. The lowest BCUT2D eigenvalue weighted by molar-refractivity contribution is 1.08. The molecule has 1 heterocycles. The van der Waals surface area contributed by atoms with Crippen LogP contribution in [0.15, 0.2) is 19.4 Å². The maximum absolute atomic E-state index is 3.86. The van der Waals surface area contributed by atoms with Crippen molar-refractivity contribution in [1.82, 2.24) is 10.2 Å². The molecule has 0 saturated heterocycles. The maximum atomic E-state index is 3.86. The molecule has 0 spiro atoms. The summed E-state index contributed by atoms with van der Waals surface area (Å²) >= 11 is 0. The first-order chi connectivity index (χ1) is 4.75. The molecule has 0 fully saturated rings. The van der Waals surface area contributed by atoms with Gasteiger partial charge in [0.25, 0.3) is 0 Å². The summed E-state index contributed by atoms with van der Waals surface area (Å²) in [7, 11) is 0. The van der Waals surface area contributed by atoms with E-state index in [2.05, 4.69) is 23.4 Å². The van der Waals surface area contributed by atoms with Gasteiger partial charge < -0.3 is 0 Å². The van der Waals surface area contributed by atoms with E-state index in [0.29, 0.717) is 0 Å². The average Bonchev–Trinajstić information content (AvgIpc) is 2.33. The summed E-state index contributed by atoms with van der Waals surface area (Å²) in [6.45, 7) is 9.37. The van der Waals surface area contributed by atoms with Crippen LogP contribution >= 0.6 is 0 Å². The van der Waals surface area contributed by atoms with Crippen molar-refractivity contribution in [2.45, 2.75) is 6.92 Å². The molecule has 0 radical (unpaired) electrons. The molecule has 52 valence electrons. The van der Waals surface area contributed by atoms with Crippen molar-refractivity contribution in [3.05, 3.63) is 30.6 Å². The van der Waals surface area contributed by atoms with Crippen molar-refractivity contribution >= 4 is 11.6 Å². The first-order valence-electron chi connectivity index (χ1n) is 3.07. The fraction of sp³-hybridized carbons (Fsp3) is 0.125.